The summed E-state index contributed by atoms with van der Waals surface area (Å²) in [5, 5.41) is 9.86. The minimum atomic E-state index is -4.91. The van der Waals surface area contributed by atoms with Gasteiger partial charge in [-0.05, 0) is 57.5 Å². The highest BCUT2D eigenvalue weighted by molar-refractivity contribution is 5.89. The lowest BCUT2D eigenvalue weighted by atomic mass is 9.98. The molecule has 234 valence electrons. The number of nitrogens with zero attached hydrogens (tertiary/aromatic N) is 3. The molecule has 2 aromatic carbocycles. The third-order valence-corrected chi connectivity index (χ3v) is 7.11. The highest BCUT2D eigenvalue weighted by atomic mass is 19.4. The molecule has 9 nitrogen and oxygen atoms in total. The maximum atomic E-state index is 15.2. The molecule has 13 heteroatoms. The second-order valence-corrected chi connectivity index (χ2v) is 11.3. The van der Waals surface area contributed by atoms with Gasteiger partial charge < -0.3 is 19.5 Å². The Morgan fingerprint density at radius 3 is 2.47 bits per heavy atom. The zero-order chi connectivity index (χ0) is 31.4. The Kier molecular flexibility index (Phi) is 9.86. The molecule has 2 heterocycles. The number of nitrogens with one attached hydrogen (secondary N) is 2. The van der Waals surface area contributed by atoms with Gasteiger partial charge in [-0.25, -0.2) is 13.9 Å². The molecule has 0 unspecified atom stereocenters. The molecule has 0 aliphatic carbocycles. The van der Waals surface area contributed by atoms with Crippen LogP contribution in [0.3, 0.4) is 0 Å². The van der Waals surface area contributed by atoms with E-state index >= 15 is 4.39 Å². The summed E-state index contributed by atoms with van der Waals surface area (Å²) in [6.45, 7) is 8.59. The third-order valence-electron chi connectivity index (χ3n) is 7.11. The highest BCUT2D eigenvalue weighted by Crippen LogP contribution is 2.32. The molecule has 1 fully saturated rings. The number of aromatic nitrogens is 2. The van der Waals surface area contributed by atoms with E-state index in [4.69, 9.17) is 9.47 Å². The van der Waals surface area contributed by atoms with Crippen molar-refractivity contribution in [1.82, 2.24) is 20.0 Å². The molecule has 1 aliphatic heterocycles. The van der Waals surface area contributed by atoms with Gasteiger partial charge in [-0.1, -0.05) is 24.3 Å². The van der Waals surface area contributed by atoms with Gasteiger partial charge in [0, 0.05) is 44.3 Å². The monoisotopic (exact) mass is 607 g/mol. The van der Waals surface area contributed by atoms with Crippen LogP contribution in [-0.4, -0.2) is 65.1 Å². The number of alkyl halides is 4. The number of hydrogen-bond donors (Lipinski definition) is 2. The first-order valence-electron chi connectivity index (χ1n) is 13.9. The smallest absolute Gasteiger partial charge is 0.470 e. The lowest BCUT2D eigenvalue weighted by molar-refractivity contribution is -0.274. The second kappa shape index (κ2) is 13.2. The quantitative estimate of drug-likeness (QED) is 0.284. The standard InChI is InChI=1S/C30H37F4N5O4/c1-19-26(36-28(40)35-16-21-15-20(18-41-5)11-12-24(21)43-30(32,33)34)39(22-9-7-6-8-10-22)37-27(19)42-25-13-14-38(17-23(25)31)29(2,3)4/h6-12,15,23,25H,13-14,16-18H2,1-5H3,(H2,35,36,40)/t23-,25+/m0/s1. The number of carbonyl (C=O) groups is 1. The number of ether oxygens (including phenoxy) is 3. The average molecular weight is 608 g/mol. The number of methoxy groups -OCH3 is 1. The zero-order valence-electron chi connectivity index (χ0n) is 24.8. The molecular weight excluding hydrogens is 570 g/mol. The maximum Gasteiger partial charge on any atom is 0.573 e. The molecule has 0 spiro atoms. The molecule has 4 rings (SSSR count). The van der Waals surface area contributed by atoms with Gasteiger partial charge >= 0.3 is 12.4 Å². The van der Waals surface area contributed by atoms with Gasteiger partial charge in [-0.15, -0.1) is 18.3 Å². The number of piperidine rings is 1. The Labute approximate surface area is 248 Å². The van der Waals surface area contributed by atoms with Crippen molar-refractivity contribution >= 4 is 11.8 Å². The number of hydrogen-bond acceptors (Lipinski definition) is 6. The van der Waals surface area contributed by atoms with Gasteiger partial charge in [0.15, 0.2) is 0 Å². The number of amides is 2. The SMILES string of the molecule is COCc1ccc(OC(F)(F)F)c(CNC(=O)Nc2c(C)c(O[C@@H]3CCN(C(C)(C)C)C[C@@H]3F)nn2-c2ccccc2)c1. The number of para-hydroxylation sites is 1. The first-order valence-corrected chi connectivity index (χ1v) is 13.9. The van der Waals surface area contributed by atoms with Gasteiger partial charge in [-0.3, -0.25) is 10.2 Å². The van der Waals surface area contributed by atoms with Gasteiger partial charge in [0.2, 0.25) is 5.88 Å². The summed E-state index contributed by atoms with van der Waals surface area (Å²) in [6.07, 6.45) is -6.40. The van der Waals surface area contributed by atoms with E-state index < -0.39 is 30.4 Å². The van der Waals surface area contributed by atoms with Crippen molar-refractivity contribution in [2.75, 3.05) is 25.5 Å². The summed E-state index contributed by atoms with van der Waals surface area (Å²) in [7, 11) is 1.46. The predicted octanol–water partition coefficient (Wildman–Crippen LogP) is 6.14. The molecular formula is C30H37F4N5O4. The van der Waals surface area contributed by atoms with Crippen molar-refractivity contribution in [2.24, 2.45) is 0 Å². The predicted molar refractivity (Wildman–Crippen MR) is 153 cm³/mol. The molecule has 1 aliphatic rings. The van der Waals surface area contributed by atoms with Crippen LogP contribution in [0.15, 0.2) is 48.5 Å². The Balaban J connectivity index is 1.54. The minimum absolute atomic E-state index is 0.106. The van der Waals surface area contributed by atoms with Crippen molar-refractivity contribution in [3.63, 3.8) is 0 Å². The first-order chi connectivity index (χ1) is 20.2. The van der Waals surface area contributed by atoms with E-state index in [9.17, 15) is 18.0 Å². The number of rotatable bonds is 9. The Morgan fingerprint density at radius 2 is 1.84 bits per heavy atom. The third kappa shape index (κ3) is 8.38. The van der Waals surface area contributed by atoms with Crippen molar-refractivity contribution in [2.45, 2.75) is 71.4 Å². The Hall–Kier alpha value is -3.84. The Morgan fingerprint density at radius 1 is 1.12 bits per heavy atom. The van der Waals surface area contributed by atoms with Gasteiger partial charge in [0.25, 0.3) is 0 Å². The molecule has 2 N–H and O–H groups in total. The summed E-state index contributed by atoms with van der Waals surface area (Å²) in [5.74, 6) is -0.00240. The normalized spacial score (nSPS) is 17.9. The summed E-state index contributed by atoms with van der Waals surface area (Å²) in [6, 6.07) is 12.4. The van der Waals surface area contributed by atoms with Crippen LogP contribution in [0.4, 0.5) is 28.2 Å². The van der Waals surface area contributed by atoms with E-state index in [0.29, 0.717) is 29.8 Å². The Bertz CT molecular complexity index is 1390. The van der Waals surface area contributed by atoms with Crippen LogP contribution in [0.25, 0.3) is 5.69 Å². The minimum Gasteiger partial charge on any atom is -0.470 e. The van der Waals surface area contributed by atoms with Gasteiger partial charge in [0.1, 0.15) is 23.8 Å². The van der Waals surface area contributed by atoms with Crippen molar-refractivity contribution in [1.29, 1.82) is 0 Å². The van der Waals surface area contributed by atoms with Crippen LogP contribution in [0.5, 0.6) is 11.6 Å². The maximum absolute atomic E-state index is 15.2. The summed E-state index contributed by atoms with van der Waals surface area (Å²) < 4.78 is 70.9. The van der Waals surface area contributed by atoms with Gasteiger partial charge in [0.05, 0.1) is 17.9 Å². The molecule has 0 saturated carbocycles. The molecule has 1 saturated heterocycles. The van der Waals surface area contributed by atoms with E-state index in [0.717, 1.165) is 0 Å². The summed E-state index contributed by atoms with van der Waals surface area (Å²) in [4.78, 5) is 15.1. The lowest BCUT2D eigenvalue weighted by Crippen LogP contribution is -2.53. The van der Waals surface area contributed by atoms with Crippen molar-refractivity contribution in [3.05, 3.63) is 65.2 Å². The lowest BCUT2D eigenvalue weighted by Gasteiger charge is -2.42. The fourth-order valence-corrected chi connectivity index (χ4v) is 4.84. The average Bonchev–Trinajstić information content (AvgIpc) is 3.23. The van der Waals surface area contributed by atoms with Crippen LogP contribution in [0, 0.1) is 6.92 Å². The van der Waals surface area contributed by atoms with Crippen LogP contribution in [0.1, 0.15) is 43.9 Å². The summed E-state index contributed by atoms with van der Waals surface area (Å²) >= 11 is 0. The van der Waals surface area contributed by atoms with E-state index in [-0.39, 0.29) is 42.5 Å². The number of likely N-dealkylation sites (tertiary alicyclic amines) is 1. The molecule has 1 aromatic heterocycles. The van der Waals surface area contributed by atoms with E-state index in [1.807, 2.05) is 26.8 Å². The molecule has 0 bridgehead atoms. The van der Waals surface area contributed by atoms with Crippen LogP contribution < -0.4 is 20.1 Å². The molecule has 2 atom stereocenters. The topological polar surface area (TPSA) is 89.9 Å². The van der Waals surface area contributed by atoms with Crippen LogP contribution >= 0.6 is 0 Å². The van der Waals surface area contributed by atoms with Gasteiger partial charge in [-0.2, -0.15) is 0 Å². The fraction of sp³-hybridized carbons (Fsp3) is 0.467. The van der Waals surface area contributed by atoms with Crippen LogP contribution in [-0.2, 0) is 17.9 Å². The fourth-order valence-electron chi connectivity index (χ4n) is 4.84. The van der Waals surface area contributed by atoms with E-state index in [2.05, 4.69) is 25.4 Å². The number of urea groups is 1. The van der Waals surface area contributed by atoms with Crippen molar-refractivity contribution in [3.8, 4) is 17.3 Å². The molecule has 43 heavy (non-hydrogen) atoms. The van der Waals surface area contributed by atoms with E-state index in [1.165, 1.54) is 30.0 Å². The second-order valence-electron chi connectivity index (χ2n) is 11.3. The highest BCUT2D eigenvalue weighted by Gasteiger charge is 2.36. The van der Waals surface area contributed by atoms with E-state index in [1.54, 1.807) is 31.2 Å². The molecule has 0 radical (unpaired) electrons. The summed E-state index contributed by atoms with van der Waals surface area (Å²) in [5.41, 5.74) is 1.62. The zero-order valence-corrected chi connectivity index (χ0v) is 24.8. The first kappa shape index (κ1) is 32.1. The van der Waals surface area contributed by atoms with Crippen LogP contribution in [0.2, 0.25) is 0 Å². The number of halogens is 4. The number of benzene rings is 2. The largest absolute Gasteiger partial charge is 0.573 e. The molecule has 3 aromatic rings. The number of carbonyl (C=O) groups excluding carboxylic acids is 1. The molecule has 2 amide bonds. The number of anilines is 1. The van der Waals surface area contributed by atoms with Crippen molar-refractivity contribution < 1.29 is 36.6 Å².